The van der Waals surface area contributed by atoms with Crippen LogP contribution in [0.15, 0.2) is 64.2 Å². The summed E-state index contributed by atoms with van der Waals surface area (Å²) in [5.41, 5.74) is 1.86. The van der Waals surface area contributed by atoms with Gasteiger partial charge in [0.05, 0.1) is 6.10 Å². The molecule has 2 aromatic heterocycles. The van der Waals surface area contributed by atoms with Crippen LogP contribution in [0.4, 0.5) is 0 Å². The van der Waals surface area contributed by atoms with E-state index in [0.717, 1.165) is 18.9 Å². The maximum atomic E-state index is 5.91. The van der Waals surface area contributed by atoms with Crippen molar-refractivity contribution in [2.24, 2.45) is 4.99 Å². The number of halogens is 1. The van der Waals surface area contributed by atoms with Crippen molar-refractivity contribution in [1.82, 2.24) is 25.8 Å². The van der Waals surface area contributed by atoms with Crippen molar-refractivity contribution in [3.05, 3.63) is 66.1 Å². The number of aliphatic imine (C=N–C) groups is 1. The summed E-state index contributed by atoms with van der Waals surface area (Å²) >= 11 is 0. The fraction of sp³-hybridized carbons (Fsp3) is 0.391. The fourth-order valence-corrected chi connectivity index (χ4v) is 2.92. The molecule has 3 rings (SSSR count). The van der Waals surface area contributed by atoms with Gasteiger partial charge in [-0.15, -0.1) is 24.0 Å². The Hall–Kier alpha value is -2.53. The molecule has 0 aliphatic carbocycles. The summed E-state index contributed by atoms with van der Waals surface area (Å²) in [6.07, 6.45) is 3.26. The number of benzene rings is 1. The van der Waals surface area contributed by atoms with Gasteiger partial charge in [-0.05, 0) is 38.0 Å². The number of hydrogen-bond acceptors (Lipinski definition) is 6. The summed E-state index contributed by atoms with van der Waals surface area (Å²) in [5, 5.41) is 10.6. The molecule has 2 N–H and O–H groups in total. The Morgan fingerprint density at radius 2 is 1.94 bits per heavy atom. The largest absolute Gasteiger partial charge is 0.374 e. The van der Waals surface area contributed by atoms with Crippen molar-refractivity contribution >= 4 is 29.9 Å². The van der Waals surface area contributed by atoms with E-state index in [0.29, 0.717) is 43.5 Å². The van der Waals surface area contributed by atoms with Crippen molar-refractivity contribution < 1.29 is 9.26 Å². The molecular formula is C23H31IN6O2. The van der Waals surface area contributed by atoms with Crippen molar-refractivity contribution in [2.75, 3.05) is 26.2 Å². The smallest absolute Gasteiger partial charge is 0.276 e. The lowest BCUT2D eigenvalue weighted by Gasteiger charge is -2.13. The first-order valence-electron chi connectivity index (χ1n) is 10.7. The number of pyridine rings is 1. The van der Waals surface area contributed by atoms with E-state index in [2.05, 4.69) is 49.8 Å². The lowest BCUT2D eigenvalue weighted by atomic mass is 10.1. The maximum Gasteiger partial charge on any atom is 0.276 e. The molecule has 0 saturated heterocycles. The summed E-state index contributed by atoms with van der Waals surface area (Å²) in [5.74, 6) is 1.83. The molecule has 0 bridgehead atoms. The maximum absolute atomic E-state index is 5.91. The molecule has 0 amide bonds. The summed E-state index contributed by atoms with van der Waals surface area (Å²) in [4.78, 5) is 13.2. The van der Waals surface area contributed by atoms with Gasteiger partial charge >= 0.3 is 0 Å². The lowest BCUT2D eigenvalue weighted by molar-refractivity contribution is 0.0652. The van der Waals surface area contributed by atoms with Crippen molar-refractivity contribution in [3.63, 3.8) is 0 Å². The highest BCUT2D eigenvalue weighted by atomic mass is 127. The molecular weight excluding hydrogens is 519 g/mol. The normalized spacial score (nSPS) is 12.1. The first-order chi connectivity index (χ1) is 15.3. The third-order valence-electron chi connectivity index (χ3n) is 4.55. The molecule has 3 aromatic rings. The van der Waals surface area contributed by atoms with E-state index in [-0.39, 0.29) is 30.1 Å². The van der Waals surface area contributed by atoms with Crippen molar-refractivity contribution in [1.29, 1.82) is 0 Å². The Balaban J connectivity index is 0.00000363. The molecule has 1 atom stereocenters. The van der Waals surface area contributed by atoms with Gasteiger partial charge in [0, 0.05) is 38.9 Å². The van der Waals surface area contributed by atoms with Crippen LogP contribution in [0.3, 0.4) is 0 Å². The van der Waals surface area contributed by atoms with Crippen LogP contribution in [0.1, 0.15) is 37.8 Å². The summed E-state index contributed by atoms with van der Waals surface area (Å²) in [7, 11) is 0. The van der Waals surface area contributed by atoms with E-state index in [9.17, 15) is 0 Å². The minimum Gasteiger partial charge on any atom is -0.374 e. The zero-order valence-electron chi connectivity index (χ0n) is 18.5. The third kappa shape index (κ3) is 8.54. The molecule has 0 radical (unpaired) electrons. The van der Waals surface area contributed by atoms with Crippen LogP contribution in [0.25, 0.3) is 11.6 Å². The highest BCUT2D eigenvalue weighted by Crippen LogP contribution is 2.16. The van der Waals surface area contributed by atoms with E-state index in [4.69, 9.17) is 9.26 Å². The molecule has 172 valence electrons. The van der Waals surface area contributed by atoms with Gasteiger partial charge in [0.1, 0.15) is 5.69 Å². The number of guanidine groups is 1. The van der Waals surface area contributed by atoms with Crippen LogP contribution in [-0.4, -0.2) is 47.3 Å². The van der Waals surface area contributed by atoms with Gasteiger partial charge in [-0.25, -0.2) is 0 Å². The zero-order valence-corrected chi connectivity index (χ0v) is 20.9. The SMILES string of the molecule is CCNC(=NCCCOC(C)c1ccccc1)NCCc1noc(-c2ccccn2)n1.I. The van der Waals surface area contributed by atoms with Crippen LogP contribution in [0.2, 0.25) is 0 Å². The van der Waals surface area contributed by atoms with Gasteiger partial charge in [-0.2, -0.15) is 4.98 Å². The van der Waals surface area contributed by atoms with Gasteiger partial charge < -0.3 is 19.9 Å². The number of rotatable bonds is 11. The average molecular weight is 550 g/mol. The average Bonchev–Trinajstić information content (AvgIpc) is 3.29. The quantitative estimate of drug-likeness (QED) is 0.161. The number of nitrogens with zero attached hydrogens (tertiary/aromatic N) is 4. The zero-order chi connectivity index (χ0) is 21.7. The summed E-state index contributed by atoms with van der Waals surface area (Å²) in [6, 6.07) is 15.8. The molecule has 0 spiro atoms. The highest BCUT2D eigenvalue weighted by Gasteiger charge is 2.09. The van der Waals surface area contributed by atoms with E-state index in [1.165, 1.54) is 5.56 Å². The Morgan fingerprint density at radius 3 is 2.69 bits per heavy atom. The van der Waals surface area contributed by atoms with Crippen LogP contribution >= 0.6 is 24.0 Å². The molecule has 2 heterocycles. The first kappa shape index (κ1) is 25.7. The highest BCUT2D eigenvalue weighted by molar-refractivity contribution is 14.0. The molecule has 0 saturated carbocycles. The lowest BCUT2D eigenvalue weighted by Crippen LogP contribution is -2.38. The Morgan fingerprint density at radius 1 is 1.12 bits per heavy atom. The molecule has 1 aromatic carbocycles. The fourth-order valence-electron chi connectivity index (χ4n) is 2.92. The molecule has 32 heavy (non-hydrogen) atoms. The number of ether oxygens (including phenoxy) is 1. The molecule has 0 aliphatic heterocycles. The standard InChI is InChI=1S/C23H30N6O2.HI/c1-3-24-23(26-15-9-17-30-18(2)19-10-5-4-6-11-19)27-16-13-21-28-22(31-29-21)20-12-7-8-14-25-20;/h4-8,10-12,14,18H,3,9,13,15-17H2,1-2H3,(H2,24,26,27);1H. The van der Waals surface area contributed by atoms with E-state index >= 15 is 0 Å². The predicted molar refractivity (Wildman–Crippen MR) is 136 cm³/mol. The molecule has 1 unspecified atom stereocenters. The third-order valence-corrected chi connectivity index (χ3v) is 4.55. The molecule has 0 aliphatic rings. The van der Waals surface area contributed by atoms with Crippen LogP contribution < -0.4 is 10.6 Å². The van der Waals surface area contributed by atoms with E-state index < -0.39 is 0 Å². The van der Waals surface area contributed by atoms with Crippen LogP contribution in [-0.2, 0) is 11.2 Å². The van der Waals surface area contributed by atoms with Gasteiger partial charge in [-0.3, -0.25) is 9.98 Å². The summed E-state index contributed by atoms with van der Waals surface area (Å²) in [6.45, 7) is 6.90. The van der Waals surface area contributed by atoms with Gasteiger partial charge in [0.2, 0.25) is 0 Å². The second-order valence-electron chi connectivity index (χ2n) is 6.95. The van der Waals surface area contributed by atoms with Crippen LogP contribution in [0, 0.1) is 0 Å². The Kier molecular flexibility index (Phi) is 11.7. The second kappa shape index (κ2) is 14.5. The summed E-state index contributed by atoms with van der Waals surface area (Å²) < 4.78 is 11.2. The van der Waals surface area contributed by atoms with Crippen LogP contribution in [0.5, 0.6) is 0 Å². The number of hydrogen-bond donors (Lipinski definition) is 2. The minimum atomic E-state index is 0. The number of nitrogens with one attached hydrogen (secondary N) is 2. The molecule has 0 fully saturated rings. The minimum absolute atomic E-state index is 0. The first-order valence-corrected chi connectivity index (χ1v) is 10.7. The number of aromatic nitrogens is 3. The molecule has 8 nitrogen and oxygen atoms in total. The van der Waals surface area contributed by atoms with Crippen molar-refractivity contribution in [3.8, 4) is 11.6 Å². The topological polar surface area (TPSA) is 97.5 Å². The molecule has 9 heteroatoms. The second-order valence-corrected chi connectivity index (χ2v) is 6.95. The van der Waals surface area contributed by atoms with E-state index in [1.54, 1.807) is 6.20 Å². The Labute approximate surface area is 206 Å². The Bertz CT molecular complexity index is 921. The van der Waals surface area contributed by atoms with E-state index in [1.807, 2.05) is 43.3 Å². The monoisotopic (exact) mass is 550 g/mol. The van der Waals surface area contributed by atoms with Gasteiger partial charge in [-0.1, -0.05) is 41.6 Å². The van der Waals surface area contributed by atoms with Gasteiger partial charge in [0.15, 0.2) is 11.8 Å². The van der Waals surface area contributed by atoms with Gasteiger partial charge in [0.25, 0.3) is 5.89 Å². The predicted octanol–water partition coefficient (Wildman–Crippen LogP) is 4.02. The van der Waals surface area contributed by atoms with Crippen molar-refractivity contribution in [2.45, 2.75) is 32.8 Å².